The van der Waals surface area contributed by atoms with E-state index in [-0.39, 0.29) is 28.5 Å². The standard InChI is InChI=1S/C18H28N4O4S/c1-12(13-4-5-13)21(3)18(24)14-6-8-22(9-7-14)27(25,26)15-10-16(17(19)23)20(2)11-15/h10-14H,4-9H2,1-3H3,(H2,19,23). The Hall–Kier alpha value is -1.87. The Morgan fingerprint density at radius 3 is 2.30 bits per heavy atom. The van der Waals surface area contributed by atoms with Crippen LogP contribution < -0.4 is 5.73 Å². The third-order valence-corrected chi connectivity index (χ3v) is 7.80. The van der Waals surface area contributed by atoms with Gasteiger partial charge in [0.15, 0.2) is 0 Å². The van der Waals surface area contributed by atoms with Gasteiger partial charge < -0.3 is 15.2 Å². The molecule has 1 saturated heterocycles. The van der Waals surface area contributed by atoms with Gasteiger partial charge in [0, 0.05) is 45.3 Å². The van der Waals surface area contributed by atoms with E-state index in [2.05, 4.69) is 6.92 Å². The lowest BCUT2D eigenvalue weighted by Crippen LogP contribution is -2.45. The highest BCUT2D eigenvalue weighted by Gasteiger charge is 2.37. The molecule has 150 valence electrons. The van der Waals surface area contributed by atoms with Gasteiger partial charge in [-0.15, -0.1) is 0 Å². The maximum atomic E-state index is 12.9. The molecule has 9 heteroatoms. The second-order valence-corrected chi connectivity index (χ2v) is 9.68. The number of primary amides is 1. The number of piperidine rings is 1. The Morgan fingerprint density at radius 2 is 1.81 bits per heavy atom. The molecule has 2 N–H and O–H groups in total. The second-order valence-electron chi connectivity index (χ2n) is 7.74. The number of nitrogens with two attached hydrogens (primary N) is 1. The molecule has 2 amide bonds. The first-order valence-electron chi connectivity index (χ1n) is 9.36. The Bertz CT molecular complexity index is 836. The van der Waals surface area contributed by atoms with Crippen molar-refractivity contribution in [2.75, 3.05) is 20.1 Å². The monoisotopic (exact) mass is 396 g/mol. The summed E-state index contributed by atoms with van der Waals surface area (Å²) in [5.41, 5.74) is 5.42. The molecule has 0 radical (unpaired) electrons. The molecule has 0 spiro atoms. The van der Waals surface area contributed by atoms with Crippen LogP contribution in [0.5, 0.6) is 0 Å². The first-order chi connectivity index (χ1) is 12.6. The number of nitrogens with zero attached hydrogens (tertiary/aromatic N) is 3. The van der Waals surface area contributed by atoms with E-state index >= 15 is 0 Å². The van der Waals surface area contributed by atoms with Crippen LogP contribution in [0.4, 0.5) is 0 Å². The van der Waals surface area contributed by atoms with Crippen LogP contribution in [0, 0.1) is 11.8 Å². The molecule has 0 aromatic carbocycles. The number of hydrogen-bond donors (Lipinski definition) is 1. The van der Waals surface area contributed by atoms with Gasteiger partial charge in [-0.2, -0.15) is 4.31 Å². The number of aromatic nitrogens is 1. The second kappa shape index (κ2) is 7.27. The normalized spacial score (nSPS) is 20.4. The minimum atomic E-state index is -3.71. The SMILES string of the molecule is CC(C1CC1)N(C)C(=O)C1CCN(S(=O)(=O)c2cc(C(N)=O)n(C)c2)CC1. The molecule has 2 aliphatic rings. The van der Waals surface area contributed by atoms with E-state index in [1.807, 2.05) is 11.9 Å². The van der Waals surface area contributed by atoms with Crippen molar-refractivity contribution >= 4 is 21.8 Å². The fraction of sp³-hybridized carbons (Fsp3) is 0.667. The van der Waals surface area contributed by atoms with Crippen molar-refractivity contribution in [3.8, 4) is 0 Å². The topological polar surface area (TPSA) is 106 Å². The van der Waals surface area contributed by atoms with Crippen LogP contribution in [0.2, 0.25) is 0 Å². The highest BCUT2D eigenvalue weighted by molar-refractivity contribution is 7.89. The largest absolute Gasteiger partial charge is 0.364 e. The smallest absolute Gasteiger partial charge is 0.265 e. The summed E-state index contributed by atoms with van der Waals surface area (Å²) in [6, 6.07) is 1.55. The van der Waals surface area contributed by atoms with Crippen molar-refractivity contribution in [1.82, 2.24) is 13.8 Å². The van der Waals surface area contributed by atoms with Gasteiger partial charge >= 0.3 is 0 Å². The zero-order valence-corrected chi connectivity index (χ0v) is 16.9. The molecule has 1 atom stereocenters. The fourth-order valence-electron chi connectivity index (χ4n) is 3.80. The van der Waals surface area contributed by atoms with Gasteiger partial charge in [0.2, 0.25) is 15.9 Å². The van der Waals surface area contributed by atoms with E-state index in [4.69, 9.17) is 5.73 Å². The molecule has 27 heavy (non-hydrogen) atoms. The highest BCUT2D eigenvalue weighted by atomic mass is 32.2. The van der Waals surface area contributed by atoms with Gasteiger partial charge in [0.1, 0.15) is 10.6 Å². The molecule has 3 rings (SSSR count). The predicted octanol–water partition coefficient (Wildman–Crippen LogP) is 0.782. The van der Waals surface area contributed by atoms with Crippen molar-refractivity contribution in [2.45, 2.75) is 43.5 Å². The van der Waals surface area contributed by atoms with E-state index < -0.39 is 15.9 Å². The van der Waals surface area contributed by atoms with Crippen LogP contribution in [0.25, 0.3) is 0 Å². The summed E-state index contributed by atoms with van der Waals surface area (Å²) in [5, 5.41) is 0. The van der Waals surface area contributed by atoms with Crippen molar-refractivity contribution in [3.63, 3.8) is 0 Å². The van der Waals surface area contributed by atoms with Gasteiger partial charge in [-0.3, -0.25) is 9.59 Å². The molecule has 2 fully saturated rings. The summed E-state index contributed by atoms with van der Waals surface area (Å²) in [5.74, 6) is -0.0881. The van der Waals surface area contributed by atoms with Crippen molar-refractivity contribution in [3.05, 3.63) is 18.0 Å². The summed E-state index contributed by atoms with van der Waals surface area (Å²) in [6.07, 6.45) is 4.78. The molecule has 1 aliphatic carbocycles. The average molecular weight is 397 g/mol. The molecule has 0 bridgehead atoms. The highest BCUT2D eigenvalue weighted by Crippen LogP contribution is 2.35. The number of rotatable bonds is 6. The van der Waals surface area contributed by atoms with Crippen LogP contribution in [0.1, 0.15) is 43.1 Å². The number of amides is 2. The molecular formula is C18H28N4O4S. The Kier molecular flexibility index (Phi) is 5.36. The lowest BCUT2D eigenvalue weighted by molar-refractivity contribution is -0.137. The van der Waals surface area contributed by atoms with E-state index in [0.29, 0.717) is 31.8 Å². The van der Waals surface area contributed by atoms with Gasteiger partial charge in [-0.25, -0.2) is 8.42 Å². The van der Waals surface area contributed by atoms with Crippen LogP contribution in [-0.2, 0) is 21.9 Å². The zero-order valence-electron chi connectivity index (χ0n) is 16.1. The zero-order chi connectivity index (χ0) is 19.9. The number of carbonyl (C=O) groups excluding carboxylic acids is 2. The Morgan fingerprint density at radius 1 is 1.22 bits per heavy atom. The first-order valence-corrected chi connectivity index (χ1v) is 10.8. The first kappa shape index (κ1) is 19.9. The van der Waals surface area contributed by atoms with Gasteiger partial charge in [-0.05, 0) is 44.6 Å². The van der Waals surface area contributed by atoms with Gasteiger partial charge in [0.25, 0.3) is 5.91 Å². The predicted molar refractivity (Wildman–Crippen MR) is 100 cm³/mol. The molecule has 1 aromatic heterocycles. The fourth-order valence-corrected chi connectivity index (χ4v) is 5.34. The van der Waals surface area contributed by atoms with Crippen LogP contribution in [0.3, 0.4) is 0 Å². The van der Waals surface area contributed by atoms with Crippen molar-refractivity contribution in [2.24, 2.45) is 24.6 Å². The molecule has 8 nitrogen and oxygen atoms in total. The number of carbonyl (C=O) groups is 2. The minimum absolute atomic E-state index is 0.0584. The Labute approximate surface area is 160 Å². The van der Waals surface area contributed by atoms with Crippen LogP contribution in [-0.4, -0.2) is 60.2 Å². The summed E-state index contributed by atoms with van der Waals surface area (Å²) >= 11 is 0. The van der Waals surface area contributed by atoms with E-state index in [1.54, 1.807) is 7.05 Å². The third-order valence-electron chi connectivity index (χ3n) is 5.94. The van der Waals surface area contributed by atoms with Crippen molar-refractivity contribution in [1.29, 1.82) is 0 Å². The van der Waals surface area contributed by atoms with Crippen LogP contribution in [0.15, 0.2) is 17.2 Å². The quantitative estimate of drug-likeness (QED) is 0.767. The van der Waals surface area contributed by atoms with E-state index in [1.165, 1.54) is 34.0 Å². The van der Waals surface area contributed by atoms with E-state index in [9.17, 15) is 18.0 Å². The number of hydrogen-bond acceptors (Lipinski definition) is 4. The molecule has 1 aromatic rings. The summed E-state index contributed by atoms with van der Waals surface area (Å²) < 4.78 is 28.5. The lowest BCUT2D eigenvalue weighted by Gasteiger charge is -2.34. The third kappa shape index (κ3) is 3.89. The molecule has 1 aliphatic heterocycles. The average Bonchev–Trinajstić information content (AvgIpc) is 3.41. The maximum Gasteiger partial charge on any atom is 0.265 e. The van der Waals surface area contributed by atoms with Crippen LogP contribution >= 0.6 is 0 Å². The summed E-state index contributed by atoms with van der Waals surface area (Å²) in [7, 11) is -0.271. The molecule has 2 heterocycles. The molecule has 1 unspecified atom stereocenters. The Balaban J connectivity index is 1.65. The summed E-state index contributed by atoms with van der Waals surface area (Å²) in [6.45, 7) is 2.68. The number of sulfonamides is 1. The lowest BCUT2D eigenvalue weighted by atomic mass is 9.96. The van der Waals surface area contributed by atoms with Crippen molar-refractivity contribution < 1.29 is 18.0 Å². The number of aryl methyl sites for hydroxylation is 1. The molecule has 1 saturated carbocycles. The molecular weight excluding hydrogens is 368 g/mol. The minimum Gasteiger partial charge on any atom is -0.364 e. The van der Waals surface area contributed by atoms with Gasteiger partial charge in [0.05, 0.1) is 0 Å². The summed E-state index contributed by atoms with van der Waals surface area (Å²) in [4.78, 5) is 26.0. The maximum absolute atomic E-state index is 12.9. The van der Waals surface area contributed by atoms with Gasteiger partial charge in [-0.1, -0.05) is 0 Å². The van der Waals surface area contributed by atoms with E-state index in [0.717, 1.165) is 0 Å².